The summed E-state index contributed by atoms with van der Waals surface area (Å²) >= 11 is 0. The summed E-state index contributed by atoms with van der Waals surface area (Å²) in [5.74, 6) is -1.23. The van der Waals surface area contributed by atoms with Crippen LogP contribution in [-0.4, -0.2) is 33.1 Å². The quantitative estimate of drug-likeness (QED) is 0.210. The van der Waals surface area contributed by atoms with E-state index in [4.69, 9.17) is 5.11 Å². The zero-order valence-electron chi connectivity index (χ0n) is 7.32. The molecule has 0 fully saturated rings. The normalized spacial score (nSPS) is 11.6. The molecule has 3 N–H and O–H groups in total. The van der Waals surface area contributed by atoms with Crippen LogP contribution in [0.3, 0.4) is 0 Å². The fourth-order valence-corrected chi connectivity index (χ4v) is 0.565. The zero-order chi connectivity index (χ0) is 10.6. The van der Waals surface area contributed by atoms with Crippen LogP contribution in [0.2, 0.25) is 0 Å². The van der Waals surface area contributed by atoms with Crippen LogP contribution in [0.4, 0.5) is 0 Å². The van der Waals surface area contributed by atoms with Crippen molar-refractivity contribution >= 4 is 5.91 Å². The van der Waals surface area contributed by atoms with Gasteiger partial charge < -0.3 is 10.8 Å². The van der Waals surface area contributed by atoms with Gasteiger partial charge in [0.25, 0.3) is 0 Å². The van der Waals surface area contributed by atoms with Crippen molar-refractivity contribution in [1.82, 2.24) is 0 Å². The maximum Gasteiger partial charge on any atom is 1.00 e. The first kappa shape index (κ1) is 16.3. The van der Waals surface area contributed by atoms with Crippen molar-refractivity contribution in [3.8, 4) is 0 Å². The Balaban J connectivity index is 0. The largest absolute Gasteiger partial charge is 1.00 e. The summed E-state index contributed by atoms with van der Waals surface area (Å²) < 4.78 is 0. The van der Waals surface area contributed by atoms with E-state index in [1.54, 1.807) is 0 Å². The fourth-order valence-electron chi connectivity index (χ4n) is 0.565. The molecular formula is C4H7KN3O6+. The number of aliphatic hydroxyl groups excluding tert-OH is 1. The number of hydrogen-bond donors (Lipinski definition) is 2. The molecule has 0 aromatic rings. The molecule has 0 rings (SSSR count). The summed E-state index contributed by atoms with van der Waals surface area (Å²) in [6.45, 7) is 0. The summed E-state index contributed by atoms with van der Waals surface area (Å²) in [5, 5.41) is 28.7. The van der Waals surface area contributed by atoms with Gasteiger partial charge in [-0.15, -0.1) is 0 Å². The van der Waals surface area contributed by atoms with Crippen molar-refractivity contribution in [3.05, 3.63) is 20.2 Å². The van der Waals surface area contributed by atoms with Crippen LogP contribution >= 0.6 is 0 Å². The van der Waals surface area contributed by atoms with Gasteiger partial charge in [0.1, 0.15) is 12.5 Å². The Morgan fingerprint density at radius 1 is 1.36 bits per heavy atom. The van der Waals surface area contributed by atoms with E-state index in [1.165, 1.54) is 0 Å². The second-order valence-corrected chi connectivity index (χ2v) is 2.21. The Hall–Kier alpha value is -0.134. The first-order valence-corrected chi connectivity index (χ1v) is 3.10. The van der Waals surface area contributed by atoms with Gasteiger partial charge in [-0.25, -0.2) is 0 Å². The van der Waals surface area contributed by atoms with Crippen molar-refractivity contribution in [3.63, 3.8) is 0 Å². The second kappa shape index (κ2) is 7.20. The number of carbonyl (C=O) groups excluding carboxylic acids is 1. The Morgan fingerprint density at radius 3 is 1.93 bits per heavy atom. The van der Waals surface area contributed by atoms with Gasteiger partial charge in [0.15, 0.2) is 0 Å². The number of rotatable bonds is 5. The van der Waals surface area contributed by atoms with E-state index in [-0.39, 0.29) is 51.4 Å². The molecule has 0 aliphatic carbocycles. The number of nitrogens with zero attached hydrogens (tertiary/aromatic N) is 2. The monoisotopic (exact) mass is 232 g/mol. The predicted octanol–water partition coefficient (Wildman–Crippen LogP) is -4.89. The second-order valence-electron chi connectivity index (χ2n) is 2.21. The van der Waals surface area contributed by atoms with E-state index in [1.807, 2.05) is 0 Å². The first-order valence-electron chi connectivity index (χ1n) is 3.10. The molecule has 0 aliphatic heterocycles. The smallest absolute Gasteiger partial charge is 0.383 e. The third-order valence-electron chi connectivity index (χ3n) is 1.25. The van der Waals surface area contributed by atoms with Gasteiger partial charge in [0.05, 0.1) is 9.85 Å². The minimum Gasteiger partial charge on any atom is -0.383 e. The van der Waals surface area contributed by atoms with E-state index >= 15 is 0 Å². The number of amides is 1. The molecule has 74 valence electrons. The molecule has 0 saturated carbocycles. The number of carbonyl (C=O) groups is 1. The molecule has 1 unspecified atom stereocenters. The van der Waals surface area contributed by atoms with E-state index in [2.05, 4.69) is 5.73 Å². The summed E-state index contributed by atoms with van der Waals surface area (Å²) in [4.78, 5) is 27.8. The third-order valence-corrected chi connectivity index (χ3v) is 1.25. The minimum absolute atomic E-state index is 0. The average Bonchev–Trinajstić information content (AvgIpc) is 1.97. The molecule has 0 aromatic heterocycles. The summed E-state index contributed by atoms with van der Waals surface area (Å²) in [6.07, 6.45) is -5.00. The van der Waals surface area contributed by atoms with Crippen LogP contribution < -0.4 is 57.1 Å². The van der Waals surface area contributed by atoms with Gasteiger partial charge in [-0.1, -0.05) is 0 Å². The van der Waals surface area contributed by atoms with Crippen LogP contribution in [-0.2, 0) is 4.79 Å². The fraction of sp³-hybridized carbons (Fsp3) is 0.750. The zero-order valence-corrected chi connectivity index (χ0v) is 10.4. The minimum atomic E-state index is -2.21. The van der Waals surface area contributed by atoms with Gasteiger partial charge in [-0.2, -0.15) is 0 Å². The molecule has 0 spiro atoms. The summed E-state index contributed by atoms with van der Waals surface area (Å²) in [6, 6.07) is 0. The Labute approximate surface area is 120 Å². The molecule has 14 heavy (non-hydrogen) atoms. The predicted molar refractivity (Wildman–Crippen MR) is 37.6 cm³/mol. The number of primary amides is 1. The topological polar surface area (TPSA) is 150 Å². The number of hydrogen-bond acceptors (Lipinski definition) is 6. The maximum absolute atomic E-state index is 10.2. The van der Waals surface area contributed by atoms with Gasteiger partial charge >= 0.3 is 57.6 Å². The van der Waals surface area contributed by atoms with E-state index in [0.717, 1.165) is 0 Å². The Morgan fingerprint density at radius 2 is 1.71 bits per heavy atom. The molecule has 0 radical (unpaired) electrons. The van der Waals surface area contributed by atoms with Gasteiger partial charge in [-0.05, 0) is 0 Å². The first-order chi connectivity index (χ1) is 5.86. The van der Waals surface area contributed by atoms with Crippen LogP contribution in [0, 0.1) is 20.2 Å². The van der Waals surface area contributed by atoms with Crippen molar-refractivity contribution in [2.45, 2.75) is 18.7 Å². The Bertz CT molecular complexity index is 231. The molecule has 0 heterocycles. The molecule has 0 saturated heterocycles. The molecule has 1 atom stereocenters. The average molecular weight is 232 g/mol. The SMILES string of the molecule is NC(=O)C(O)CC([N+](=O)[O-])[N+](=O)[O-].[K+]. The standard InChI is InChI=1S/C4H7N3O6.K/c5-4(9)2(8)1-3(6(10)11)7(12)13;/h2-3,8H,1H2,(H2,5,9);/q;+1. The van der Waals surface area contributed by atoms with Gasteiger partial charge in [-0.3, -0.25) is 25.0 Å². The maximum atomic E-state index is 10.2. The van der Waals surface area contributed by atoms with Crippen molar-refractivity contribution in [1.29, 1.82) is 0 Å². The number of nitro groups is 2. The Kier molecular flexibility index (Phi) is 8.38. The van der Waals surface area contributed by atoms with Crippen LogP contribution in [0.1, 0.15) is 6.42 Å². The van der Waals surface area contributed by atoms with Gasteiger partial charge in [0, 0.05) is 0 Å². The summed E-state index contributed by atoms with van der Waals surface area (Å²) in [5.41, 5.74) is 4.55. The molecule has 0 aromatic carbocycles. The van der Waals surface area contributed by atoms with Crippen LogP contribution in [0.25, 0.3) is 0 Å². The molecule has 10 heteroatoms. The number of aliphatic hydroxyl groups is 1. The van der Waals surface area contributed by atoms with Crippen LogP contribution in [0.15, 0.2) is 0 Å². The molecular weight excluding hydrogens is 225 g/mol. The van der Waals surface area contributed by atoms with Crippen molar-refractivity contribution in [2.24, 2.45) is 5.73 Å². The third kappa shape index (κ3) is 5.57. The summed E-state index contributed by atoms with van der Waals surface area (Å²) in [7, 11) is 0. The van der Waals surface area contributed by atoms with Crippen LogP contribution in [0.5, 0.6) is 0 Å². The van der Waals surface area contributed by atoms with Crippen molar-refractivity contribution in [2.75, 3.05) is 0 Å². The van der Waals surface area contributed by atoms with Crippen molar-refractivity contribution < 1.29 is 71.1 Å². The van der Waals surface area contributed by atoms with E-state index < -0.39 is 34.4 Å². The molecule has 9 nitrogen and oxygen atoms in total. The number of nitrogens with two attached hydrogens (primary N) is 1. The van der Waals surface area contributed by atoms with Gasteiger partial charge in [0.2, 0.25) is 5.91 Å². The molecule has 1 amide bonds. The molecule has 0 aliphatic rings. The van der Waals surface area contributed by atoms with E-state index in [0.29, 0.717) is 0 Å². The molecule has 0 bridgehead atoms. The van der Waals surface area contributed by atoms with E-state index in [9.17, 15) is 25.0 Å².